The van der Waals surface area contributed by atoms with Crippen LogP contribution in [0.3, 0.4) is 0 Å². The molecule has 2 aromatic rings. The van der Waals surface area contributed by atoms with Crippen LogP contribution in [-0.4, -0.2) is 0 Å². The Balaban J connectivity index is 1.74. The fraction of sp³-hybridized carbons (Fsp3) is 0.500. The van der Waals surface area contributed by atoms with Crippen LogP contribution in [0.1, 0.15) is 63.4 Å². The van der Waals surface area contributed by atoms with E-state index in [1.807, 2.05) is 0 Å². The Morgan fingerprint density at radius 1 is 0.900 bits per heavy atom. The van der Waals surface area contributed by atoms with Gasteiger partial charge in [0.05, 0.1) is 0 Å². The van der Waals surface area contributed by atoms with Crippen molar-refractivity contribution in [3.8, 4) is 0 Å². The van der Waals surface area contributed by atoms with Crippen LogP contribution >= 0.6 is 0 Å². The first-order valence-electron chi connectivity index (χ1n) is 8.36. The summed E-state index contributed by atoms with van der Waals surface area (Å²) in [5.41, 5.74) is 1.59. The molecule has 1 fully saturated rings. The van der Waals surface area contributed by atoms with Gasteiger partial charge >= 0.3 is 0 Å². The zero-order chi connectivity index (χ0) is 13.8. The molecule has 0 amide bonds. The summed E-state index contributed by atoms with van der Waals surface area (Å²) in [5, 5.41) is 2.88. The van der Waals surface area contributed by atoms with Crippen LogP contribution < -0.4 is 0 Å². The standard InChI is InChI=1S/C20H26/c1-2-3-7-16-12-14-18(15-13-16)20-11-6-9-17-8-4-5-10-19(17)20/h4-6,8-11,16,18H,2-3,7,12-15H2,1H3. The molecule has 0 heterocycles. The molecule has 0 saturated heterocycles. The van der Waals surface area contributed by atoms with Crippen molar-refractivity contribution in [2.45, 2.75) is 57.8 Å². The van der Waals surface area contributed by atoms with Crippen molar-refractivity contribution in [3.63, 3.8) is 0 Å². The van der Waals surface area contributed by atoms with Gasteiger partial charge in [0.1, 0.15) is 0 Å². The maximum absolute atomic E-state index is 2.36. The van der Waals surface area contributed by atoms with Gasteiger partial charge in [-0.15, -0.1) is 0 Å². The quantitative estimate of drug-likeness (QED) is 0.609. The van der Waals surface area contributed by atoms with Crippen molar-refractivity contribution in [2.75, 3.05) is 0 Å². The Labute approximate surface area is 123 Å². The molecule has 1 saturated carbocycles. The molecule has 0 unspecified atom stereocenters. The summed E-state index contributed by atoms with van der Waals surface area (Å²) in [4.78, 5) is 0. The van der Waals surface area contributed by atoms with Gasteiger partial charge in [-0.05, 0) is 53.9 Å². The Morgan fingerprint density at radius 3 is 2.45 bits per heavy atom. The van der Waals surface area contributed by atoms with Crippen molar-refractivity contribution >= 4 is 10.8 Å². The van der Waals surface area contributed by atoms with Gasteiger partial charge in [-0.2, -0.15) is 0 Å². The third-order valence-corrected chi connectivity index (χ3v) is 5.08. The van der Waals surface area contributed by atoms with E-state index in [-0.39, 0.29) is 0 Å². The Morgan fingerprint density at radius 2 is 1.65 bits per heavy atom. The second kappa shape index (κ2) is 6.43. The predicted molar refractivity (Wildman–Crippen MR) is 88.2 cm³/mol. The molecule has 0 nitrogen and oxygen atoms in total. The van der Waals surface area contributed by atoms with E-state index in [9.17, 15) is 0 Å². The van der Waals surface area contributed by atoms with Crippen LogP contribution in [0, 0.1) is 5.92 Å². The predicted octanol–water partition coefficient (Wildman–Crippen LogP) is 6.30. The van der Waals surface area contributed by atoms with Crippen LogP contribution in [0.25, 0.3) is 10.8 Å². The zero-order valence-corrected chi connectivity index (χ0v) is 12.6. The molecule has 0 spiro atoms. The zero-order valence-electron chi connectivity index (χ0n) is 12.6. The summed E-state index contributed by atoms with van der Waals surface area (Å²) in [6.07, 6.45) is 9.89. The molecule has 0 aliphatic heterocycles. The molecule has 3 rings (SSSR count). The van der Waals surface area contributed by atoms with E-state index in [1.165, 1.54) is 55.7 Å². The highest BCUT2D eigenvalue weighted by Crippen LogP contribution is 2.39. The first-order valence-corrected chi connectivity index (χ1v) is 8.36. The van der Waals surface area contributed by atoms with E-state index in [0.717, 1.165) is 11.8 Å². The van der Waals surface area contributed by atoms with Crippen molar-refractivity contribution < 1.29 is 0 Å². The lowest BCUT2D eigenvalue weighted by Gasteiger charge is -2.29. The Bertz CT molecular complexity index is 541. The average molecular weight is 266 g/mol. The second-order valence-electron chi connectivity index (χ2n) is 6.43. The van der Waals surface area contributed by atoms with E-state index < -0.39 is 0 Å². The van der Waals surface area contributed by atoms with Crippen LogP contribution in [0.2, 0.25) is 0 Å². The number of unbranched alkanes of at least 4 members (excludes halogenated alkanes) is 1. The third-order valence-electron chi connectivity index (χ3n) is 5.08. The van der Waals surface area contributed by atoms with Gasteiger partial charge in [0.15, 0.2) is 0 Å². The Kier molecular flexibility index (Phi) is 4.40. The number of benzene rings is 2. The second-order valence-corrected chi connectivity index (χ2v) is 6.43. The minimum Gasteiger partial charge on any atom is -0.0654 e. The smallest absolute Gasteiger partial charge is 0.0149 e. The molecule has 20 heavy (non-hydrogen) atoms. The fourth-order valence-electron chi connectivity index (χ4n) is 3.86. The minimum absolute atomic E-state index is 0.791. The molecule has 0 heteroatoms. The molecule has 0 radical (unpaired) electrons. The van der Waals surface area contributed by atoms with Crippen molar-refractivity contribution in [3.05, 3.63) is 48.0 Å². The van der Waals surface area contributed by atoms with E-state index >= 15 is 0 Å². The molecule has 0 atom stereocenters. The van der Waals surface area contributed by atoms with Crippen LogP contribution in [0.15, 0.2) is 42.5 Å². The third kappa shape index (κ3) is 2.90. The van der Waals surface area contributed by atoms with Crippen LogP contribution in [-0.2, 0) is 0 Å². The molecule has 0 bridgehead atoms. The molecular formula is C20H26. The minimum atomic E-state index is 0.791. The van der Waals surface area contributed by atoms with Crippen molar-refractivity contribution in [1.29, 1.82) is 0 Å². The van der Waals surface area contributed by atoms with Gasteiger partial charge in [-0.25, -0.2) is 0 Å². The summed E-state index contributed by atoms with van der Waals surface area (Å²) >= 11 is 0. The maximum atomic E-state index is 2.36. The van der Waals surface area contributed by atoms with E-state index in [1.54, 1.807) is 5.56 Å². The van der Waals surface area contributed by atoms with Gasteiger partial charge in [0.2, 0.25) is 0 Å². The van der Waals surface area contributed by atoms with Crippen molar-refractivity contribution in [1.82, 2.24) is 0 Å². The average Bonchev–Trinajstić information content (AvgIpc) is 2.53. The highest BCUT2D eigenvalue weighted by Gasteiger charge is 2.22. The fourth-order valence-corrected chi connectivity index (χ4v) is 3.86. The first-order chi connectivity index (χ1) is 9.88. The van der Waals surface area contributed by atoms with Crippen LogP contribution in [0.4, 0.5) is 0 Å². The highest BCUT2D eigenvalue weighted by atomic mass is 14.3. The lowest BCUT2D eigenvalue weighted by molar-refractivity contribution is 0.305. The number of rotatable bonds is 4. The maximum Gasteiger partial charge on any atom is -0.0149 e. The lowest BCUT2D eigenvalue weighted by atomic mass is 9.76. The van der Waals surface area contributed by atoms with E-state index in [2.05, 4.69) is 49.4 Å². The number of hydrogen-bond donors (Lipinski definition) is 0. The molecule has 2 aromatic carbocycles. The summed E-state index contributed by atoms with van der Waals surface area (Å²) in [5.74, 6) is 1.79. The highest BCUT2D eigenvalue weighted by molar-refractivity contribution is 5.86. The molecule has 1 aliphatic rings. The van der Waals surface area contributed by atoms with Gasteiger partial charge in [-0.3, -0.25) is 0 Å². The van der Waals surface area contributed by atoms with Crippen LogP contribution in [0.5, 0.6) is 0 Å². The monoisotopic (exact) mass is 266 g/mol. The number of fused-ring (bicyclic) bond motifs is 1. The SMILES string of the molecule is CCCCC1CCC(c2cccc3ccccc23)CC1. The van der Waals surface area contributed by atoms with Gasteiger partial charge in [0, 0.05) is 0 Å². The summed E-state index contributed by atoms with van der Waals surface area (Å²) in [6, 6.07) is 15.7. The van der Waals surface area contributed by atoms with Crippen molar-refractivity contribution in [2.24, 2.45) is 5.92 Å². The Hall–Kier alpha value is -1.30. The molecule has 106 valence electrons. The topological polar surface area (TPSA) is 0 Å². The molecule has 1 aliphatic carbocycles. The van der Waals surface area contributed by atoms with E-state index in [4.69, 9.17) is 0 Å². The largest absolute Gasteiger partial charge is 0.0654 e. The molecule has 0 aromatic heterocycles. The van der Waals surface area contributed by atoms with Gasteiger partial charge in [-0.1, -0.05) is 68.7 Å². The van der Waals surface area contributed by atoms with Gasteiger partial charge in [0.25, 0.3) is 0 Å². The van der Waals surface area contributed by atoms with Gasteiger partial charge < -0.3 is 0 Å². The molecule has 0 N–H and O–H groups in total. The summed E-state index contributed by atoms with van der Waals surface area (Å²) in [6.45, 7) is 2.31. The summed E-state index contributed by atoms with van der Waals surface area (Å²) in [7, 11) is 0. The summed E-state index contributed by atoms with van der Waals surface area (Å²) < 4.78 is 0. The first kappa shape index (κ1) is 13.7. The molecular weight excluding hydrogens is 240 g/mol. The normalized spacial score (nSPS) is 23.1. The van der Waals surface area contributed by atoms with E-state index in [0.29, 0.717) is 0 Å². The number of hydrogen-bond acceptors (Lipinski definition) is 0. The lowest BCUT2D eigenvalue weighted by Crippen LogP contribution is -2.13.